The van der Waals surface area contributed by atoms with Crippen LogP contribution in [0, 0.1) is 6.92 Å². The van der Waals surface area contributed by atoms with E-state index in [1.165, 1.54) is 6.07 Å². The Bertz CT molecular complexity index is 907. The monoisotopic (exact) mass is 331 g/mol. The summed E-state index contributed by atoms with van der Waals surface area (Å²) in [6.07, 6.45) is 0. The predicted octanol–water partition coefficient (Wildman–Crippen LogP) is 5.22. The lowest BCUT2D eigenvalue weighted by Crippen LogP contribution is -2.02. The van der Waals surface area contributed by atoms with Gasteiger partial charge < -0.3 is 5.11 Å². The molecule has 0 aliphatic carbocycles. The number of carboxylic acids is 1. The molecule has 0 unspecified atom stereocenters. The maximum atomic E-state index is 11.6. The maximum Gasteiger partial charge on any atom is 0.336 e. The molecule has 0 bridgehead atoms. The summed E-state index contributed by atoms with van der Waals surface area (Å²) in [5, 5.41) is 10.9. The second-order valence-electron chi connectivity index (χ2n) is 4.93. The fourth-order valence-corrected chi connectivity index (χ4v) is 2.90. The number of fused-ring (bicyclic) bond motifs is 1. The normalized spacial score (nSPS) is 10.9. The Hall–Kier alpha value is -2.10. The standard InChI is InChI=1S/C17H11Cl2NO2/c1-9-6-7-13(19)15-11(17(21)22)8-14(20-16(9)15)10-4-2-3-5-12(10)18/h2-8H,1H3,(H,21,22). The van der Waals surface area contributed by atoms with Crippen molar-refractivity contribution >= 4 is 40.1 Å². The maximum absolute atomic E-state index is 11.6. The van der Waals surface area contributed by atoms with E-state index in [2.05, 4.69) is 4.98 Å². The minimum atomic E-state index is -1.05. The Morgan fingerprint density at radius 3 is 2.50 bits per heavy atom. The summed E-state index contributed by atoms with van der Waals surface area (Å²) in [4.78, 5) is 16.2. The lowest BCUT2D eigenvalue weighted by molar-refractivity contribution is 0.0699. The summed E-state index contributed by atoms with van der Waals surface area (Å²) in [6, 6.07) is 12.2. The molecule has 0 radical (unpaired) electrons. The van der Waals surface area contributed by atoms with E-state index in [1.54, 1.807) is 12.1 Å². The number of nitrogens with zero attached hydrogens (tertiary/aromatic N) is 1. The van der Waals surface area contributed by atoms with Crippen molar-refractivity contribution in [2.75, 3.05) is 0 Å². The van der Waals surface area contributed by atoms with Gasteiger partial charge in [0.15, 0.2) is 0 Å². The van der Waals surface area contributed by atoms with Gasteiger partial charge in [0.05, 0.1) is 21.8 Å². The van der Waals surface area contributed by atoms with E-state index in [4.69, 9.17) is 23.2 Å². The van der Waals surface area contributed by atoms with Crippen LogP contribution in [0.15, 0.2) is 42.5 Å². The molecular formula is C17H11Cl2NO2. The van der Waals surface area contributed by atoms with Gasteiger partial charge in [-0.2, -0.15) is 0 Å². The van der Waals surface area contributed by atoms with Crippen LogP contribution in [0.1, 0.15) is 15.9 Å². The summed E-state index contributed by atoms with van der Waals surface area (Å²) in [6.45, 7) is 1.87. The lowest BCUT2D eigenvalue weighted by Gasteiger charge is -2.11. The van der Waals surface area contributed by atoms with Crippen LogP contribution in [0.5, 0.6) is 0 Å². The first-order chi connectivity index (χ1) is 10.5. The number of hydrogen-bond acceptors (Lipinski definition) is 2. The third-order valence-corrected chi connectivity index (χ3v) is 4.14. The molecule has 110 valence electrons. The molecule has 0 saturated heterocycles. The molecule has 0 amide bonds. The molecule has 3 rings (SSSR count). The molecule has 0 atom stereocenters. The van der Waals surface area contributed by atoms with E-state index in [0.29, 0.717) is 32.2 Å². The summed E-state index contributed by atoms with van der Waals surface area (Å²) in [7, 11) is 0. The van der Waals surface area contributed by atoms with Crippen LogP contribution in [0.25, 0.3) is 22.2 Å². The van der Waals surface area contributed by atoms with E-state index in [0.717, 1.165) is 5.56 Å². The third-order valence-electron chi connectivity index (χ3n) is 3.49. The molecule has 3 aromatic rings. The number of rotatable bonds is 2. The smallest absolute Gasteiger partial charge is 0.336 e. The summed E-state index contributed by atoms with van der Waals surface area (Å²) >= 11 is 12.4. The number of carbonyl (C=O) groups is 1. The van der Waals surface area contributed by atoms with Crippen LogP contribution >= 0.6 is 23.2 Å². The lowest BCUT2D eigenvalue weighted by atomic mass is 10.0. The average molecular weight is 332 g/mol. The van der Waals surface area contributed by atoms with Crippen molar-refractivity contribution in [3.8, 4) is 11.3 Å². The van der Waals surface area contributed by atoms with Crippen molar-refractivity contribution in [3.63, 3.8) is 0 Å². The summed E-state index contributed by atoms with van der Waals surface area (Å²) < 4.78 is 0. The molecule has 0 saturated carbocycles. The predicted molar refractivity (Wildman–Crippen MR) is 88.9 cm³/mol. The third kappa shape index (κ3) is 2.43. The van der Waals surface area contributed by atoms with Crippen molar-refractivity contribution in [2.24, 2.45) is 0 Å². The second kappa shape index (κ2) is 5.59. The Kier molecular flexibility index (Phi) is 3.77. The van der Waals surface area contributed by atoms with E-state index >= 15 is 0 Å². The van der Waals surface area contributed by atoms with Crippen molar-refractivity contribution in [2.45, 2.75) is 6.92 Å². The zero-order valence-corrected chi connectivity index (χ0v) is 13.1. The van der Waals surface area contributed by atoms with Crippen molar-refractivity contribution in [1.29, 1.82) is 0 Å². The van der Waals surface area contributed by atoms with Crippen LogP contribution in [-0.4, -0.2) is 16.1 Å². The second-order valence-corrected chi connectivity index (χ2v) is 5.74. The van der Waals surface area contributed by atoms with E-state index in [9.17, 15) is 9.90 Å². The minimum Gasteiger partial charge on any atom is -0.478 e. The zero-order chi connectivity index (χ0) is 15.9. The average Bonchev–Trinajstić information content (AvgIpc) is 2.50. The van der Waals surface area contributed by atoms with E-state index in [-0.39, 0.29) is 5.56 Å². The molecule has 22 heavy (non-hydrogen) atoms. The van der Waals surface area contributed by atoms with Crippen LogP contribution < -0.4 is 0 Å². The van der Waals surface area contributed by atoms with Crippen LogP contribution in [0.3, 0.4) is 0 Å². The number of hydrogen-bond donors (Lipinski definition) is 1. The van der Waals surface area contributed by atoms with Gasteiger partial charge in [-0.25, -0.2) is 9.78 Å². The highest BCUT2D eigenvalue weighted by Crippen LogP contribution is 2.33. The van der Waals surface area contributed by atoms with Gasteiger partial charge in [0.2, 0.25) is 0 Å². The fraction of sp³-hybridized carbons (Fsp3) is 0.0588. The molecule has 0 spiro atoms. The number of aromatic carboxylic acids is 1. The Morgan fingerprint density at radius 1 is 1.09 bits per heavy atom. The summed E-state index contributed by atoms with van der Waals surface area (Å²) in [5.74, 6) is -1.05. The van der Waals surface area contributed by atoms with Crippen molar-refractivity contribution in [3.05, 3.63) is 63.6 Å². The molecule has 0 aliphatic heterocycles. The van der Waals surface area contributed by atoms with Gasteiger partial charge in [0.1, 0.15) is 0 Å². The van der Waals surface area contributed by atoms with Gasteiger partial charge in [0.25, 0.3) is 0 Å². The van der Waals surface area contributed by atoms with Crippen LogP contribution in [0.4, 0.5) is 0 Å². The minimum absolute atomic E-state index is 0.119. The fourth-order valence-electron chi connectivity index (χ4n) is 2.41. The first-order valence-electron chi connectivity index (χ1n) is 6.57. The Morgan fingerprint density at radius 2 is 1.82 bits per heavy atom. The van der Waals surface area contributed by atoms with Gasteiger partial charge >= 0.3 is 5.97 Å². The highest BCUT2D eigenvalue weighted by Gasteiger charge is 2.17. The number of benzene rings is 2. The van der Waals surface area contributed by atoms with E-state index in [1.807, 2.05) is 31.2 Å². The number of carboxylic acid groups (broad SMARTS) is 1. The number of halogens is 2. The summed E-state index contributed by atoms with van der Waals surface area (Å²) in [5.41, 5.74) is 2.75. The largest absolute Gasteiger partial charge is 0.478 e. The number of aromatic nitrogens is 1. The molecular weight excluding hydrogens is 321 g/mol. The molecule has 1 N–H and O–H groups in total. The van der Waals surface area contributed by atoms with Gasteiger partial charge in [-0.1, -0.05) is 47.5 Å². The van der Waals surface area contributed by atoms with Crippen molar-refractivity contribution < 1.29 is 9.90 Å². The highest BCUT2D eigenvalue weighted by molar-refractivity contribution is 6.37. The molecule has 1 aromatic heterocycles. The van der Waals surface area contributed by atoms with Crippen LogP contribution in [0.2, 0.25) is 10.0 Å². The molecule has 2 aromatic carbocycles. The van der Waals surface area contributed by atoms with Crippen LogP contribution in [-0.2, 0) is 0 Å². The molecule has 5 heteroatoms. The van der Waals surface area contributed by atoms with Gasteiger partial charge in [-0.15, -0.1) is 0 Å². The van der Waals surface area contributed by atoms with Gasteiger partial charge in [-0.05, 0) is 30.7 Å². The highest BCUT2D eigenvalue weighted by atomic mass is 35.5. The topological polar surface area (TPSA) is 50.2 Å². The van der Waals surface area contributed by atoms with Gasteiger partial charge in [-0.3, -0.25) is 0 Å². The molecule has 0 aliphatic rings. The first-order valence-corrected chi connectivity index (χ1v) is 7.32. The Labute approximate surface area is 137 Å². The van der Waals surface area contributed by atoms with Gasteiger partial charge in [0, 0.05) is 16.0 Å². The molecule has 0 fully saturated rings. The zero-order valence-electron chi connectivity index (χ0n) is 11.6. The quantitative estimate of drug-likeness (QED) is 0.700. The van der Waals surface area contributed by atoms with E-state index < -0.39 is 5.97 Å². The first kappa shape index (κ1) is 14.8. The van der Waals surface area contributed by atoms with Crippen molar-refractivity contribution in [1.82, 2.24) is 4.98 Å². The molecule has 1 heterocycles. The number of aryl methyl sites for hydroxylation is 1. The molecule has 3 nitrogen and oxygen atoms in total. The SMILES string of the molecule is Cc1ccc(Cl)c2c(C(=O)O)cc(-c3ccccc3Cl)nc12. The number of pyridine rings is 1. The Balaban J connectivity index is 2.43.